The van der Waals surface area contributed by atoms with Gasteiger partial charge in [-0.2, -0.15) is 13.2 Å². The summed E-state index contributed by atoms with van der Waals surface area (Å²) in [5.41, 5.74) is -0.360. The molecule has 1 aliphatic rings. The second-order valence-electron chi connectivity index (χ2n) is 7.08. The van der Waals surface area contributed by atoms with Crippen LogP contribution in [-0.2, 0) is 6.18 Å². The molecule has 12 heteroatoms. The van der Waals surface area contributed by atoms with Gasteiger partial charge in [-0.1, -0.05) is 6.08 Å². The molecule has 0 aromatic carbocycles. The molecule has 0 saturated carbocycles. The highest BCUT2D eigenvalue weighted by molar-refractivity contribution is 5.89. The van der Waals surface area contributed by atoms with Crippen molar-refractivity contribution in [3.8, 4) is 0 Å². The Morgan fingerprint density at radius 2 is 1.97 bits per heavy atom. The maximum Gasteiger partial charge on any atom is 0.417 e. The van der Waals surface area contributed by atoms with Crippen LogP contribution in [0.25, 0.3) is 5.57 Å². The van der Waals surface area contributed by atoms with Crippen molar-refractivity contribution in [2.75, 3.05) is 25.0 Å². The van der Waals surface area contributed by atoms with Gasteiger partial charge in [-0.3, -0.25) is 10.3 Å². The third kappa shape index (κ3) is 5.39. The number of anilines is 1. The van der Waals surface area contributed by atoms with E-state index in [9.17, 15) is 32.6 Å². The number of aliphatic hydroxyl groups is 3. The van der Waals surface area contributed by atoms with Gasteiger partial charge < -0.3 is 20.2 Å². The summed E-state index contributed by atoms with van der Waals surface area (Å²) in [6.45, 7) is -0.390. The molecule has 2 atom stereocenters. The van der Waals surface area contributed by atoms with E-state index in [0.29, 0.717) is 11.8 Å². The minimum absolute atomic E-state index is 0.00857. The largest absolute Gasteiger partial charge is 0.417 e. The quantitative estimate of drug-likeness (QED) is 0.513. The molecular formula is C20H20F4N4O4. The molecular weight excluding hydrogens is 436 g/mol. The first kappa shape index (κ1) is 23.6. The van der Waals surface area contributed by atoms with E-state index >= 15 is 0 Å². The fourth-order valence-electron chi connectivity index (χ4n) is 3.07. The number of amides is 2. The molecule has 4 N–H and O–H groups in total. The number of urea groups is 1. The Kier molecular flexibility index (Phi) is 7.06. The van der Waals surface area contributed by atoms with Gasteiger partial charge in [-0.05, 0) is 30.2 Å². The van der Waals surface area contributed by atoms with Crippen molar-refractivity contribution < 1.29 is 37.7 Å². The predicted molar refractivity (Wildman–Crippen MR) is 105 cm³/mol. The summed E-state index contributed by atoms with van der Waals surface area (Å²) in [6.07, 6.45) is -3.82. The molecule has 0 bridgehead atoms. The van der Waals surface area contributed by atoms with E-state index in [1.165, 1.54) is 11.1 Å². The van der Waals surface area contributed by atoms with E-state index < -0.39 is 42.4 Å². The summed E-state index contributed by atoms with van der Waals surface area (Å²) < 4.78 is 52.2. The fraction of sp³-hybridized carbons (Fsp3) is 0.350. The summed E-state index contributed by atoms with van der Waals surface area (Å²) in [7, 11) is 0. The SMILES string of the molecule is O=C(Nc1ccc(C(F)(F)F)cn1)N1CC=C(c2ncc([C@H](O)[C@@H](O)CO)cc2F)CC1. The lowest BCUT2D eigenvalue weighted by Crippen LogP contribution is -2.38. The number of nitrogens with one attached hydrogen (secondary N) is 1. The second kappa shape index (κ2) is 9.59. The normalized spacial score (nSPS) is 16.3. The molecule has 2 amide bonds. The molecule has 2 aromatic heterocycles. The van der Waals surface area contributed by atoms with Gasteiger partial charge in [0.15, 0.2) is 0 Å². The van der Waals surface area contributed by atoms with Gasteiger partial charge in [-0.15, -0.1) is 0 Å². The molecule has 0 radical (unpaired) electrons. The lowest BCUT2D eigenvalue weighted by molar-refractivity contribution is -0.137. The van der Waals surface area contributed by atoms with Crippen molar-refractivity contribution in [3.63, 3.8) is 0 Å². The number of carbonyl (C=O) groups is 1. The molecule has 32 heavy (non-hydrogen) atoms. The number of aromatic nitrogens is 2. The van der Waals surface area contributed by atoms with Gasteiger partial charge in [0.05, 0.1) is 12.2 Å². The summed E-state index contributed by atoms with van der Waals surface area (Å²) >= 11 is 0. The summed E-state index contributed by atoms with van der Waals surface area (Å²) in [5.74, 6) is -0.769. The zero-order valence-corrected chi connectivity index (χ0v) is 16.6. The van der Waals surface area contributed by atoms with Crippen LogP contribution in [0.1, 0.15) is 29.3 Å². The number of nitrogens with zero attached hydrogens (tertiary/aromatic N) is 3. The molecule has 3 rings (SSSR count). The smallest absolute Gasteiger partial charge is 0.394 e. The average Bonchev–Trinajstić information content (AvgIpc) is 2.77. The van der Waals surface area contributed by atoms with Crippen LogP contribution in [-0.4, -0.2) is 62.0 Å². The van der Waals surface area contributed by atoms with E-state index in [2.05, 4.69) is 15.3 Å². The number of hydrogen-bond donors (Lipinski definition) is 4. The summed E-state index contributed by atoms with van der Waals surface area (Å²) in [4.78, 5) is 21.3. The minimum Gasteiger partial charge on any atom is -0.394 e. The number of aliphatic hydroxyl groups excluding tert-OH is 3. The topological polar surface area (TPSA) is 119 Å². The van der Waals surface area contributed by atoms with Crippen LogP contribution >= 0.6 is 0 Å². The molecule has 0 fully saturated rings. The van der Waals surface area contributed by atoms with Gasteiger partial charge in [0.25, 0.3) is 0 Å². The van der Waals surface area contributed by atoms with Gasteiger partial charge >= 0.3 is 12.2 Å². The van der Waals surface area contributed by atoms with Crippen molar-refractivity contribution in [1.82, 2.24) is 14.9 Å². The molecule has 2 aromatic rings. The number of carbonyl (C=O) groups excluding carboxylic acids is 1. The van der Waals surface area contributed by atoms with Crippen LogP contribution in [0.15, 0.2) is 36.7 Å². The van der Waals surface area contributed by atoms with Crippen molar-refractivity contribution in [3.05, 3.63) is 59.3 Å². The highest BCUT2D eigenvalue weighted by Crippen LogP contribution is 2.29. The van der Waals surface area contributed by atoms with Crippen LogP contribution in [0.4, 0.5) is 28.2 Å². The number of alkyl halides is 3. The Labute approximate surface area is 179 Å². The highest BCUT2D eigenvalue weighted by atomic mass is 19.4. The summed E-state index contributed by atoms with van der Waals surface area (Å²) in [5, 5.41) is 30.6. The summed E-state index contributed by atoms with van der Waals surface area (Å²) in [6, 6.07) is 2.31. The second-order valence-corrected chi connectivity index (χ2v) is 7.08. The first-order valence-corrected chi connectivity index (χ1v) is 9.51. The van der Waals surface area contributed by atoms with E-state index in [0.717, 1.165) is 18.2 Å². The van der Waals surface area contributed by atoms with Crippen molar-refractivity contribution in [1.29, 1.82) is 0 Å². The van der Waals surface area contributed by atoms with Crippen LogP contribution < -0.4 is 5.32 Å². The molecule has 0 unspecified atom stereocenters. The monoisotopic (exact) mass is 456 g/mol. The van der Waals surface area contributed by atoms with Crippen LogP contribution in [0.2, 0.25) is 0 Å². The average molecular weight is 456 g/mol. The van der Waals surface area contributed by atoms with E-state index in [-0.39, 0.29) is 36.6 Å². The first-order chi connectivity index (χ1) is 15.1. The maximum atomic E-state index is 14.5. The van der Waals surface area contributed by atoms with Gasteiger partial charge in [0.2, 0.25) is 0 Å². The highest BCUT2D eigenvalue weighted by Gasteiger charge is 2.31. The zero-order valence-electron chi connectivity index (χ0n) is 16.6. The molecule has 0 aliphatic carbocycles. The number of pyridine rings is 2. The molecule has 3 heterocycles. The Morgan fingerprint density at radius 1 is 1.22 bits per heavy atom. The number of halogens is 4. The first-order valence-electron chi connectivity index (χ1n) is 9.51. The van der Waals surface area contributed by atoms with Crippen LogP contribution in [0.5, 0.6) is 0 Å². The third-order valence-corrected chi connectivity index (χ3v) is 4.88. The van der Waals surface area contributed by atoms with E-state index in [1.54, 1.807) is 6.08 Å². The van der Waals surface area contributed by atoms with E-state index in [4.69, 9.17) is 5.11 Å². The minimum atomic E-state index is -4.53. The maximum absolute atomic E-state index is 14.5. The molecule has 172 valence electrons. The van der Waals surface area contributed by atoms with Gasteiger partial charge in [0.1, 0.15) is 29.5 Å². The fourth-order valence-corrected chi connectivity index (χ4v) is 3.07. The molecule has 0 spiro atoms. The molecule has 0 saturated heterocycles. The predicted octanol–water partition coefficient (Wildman–Crippen LogP) is 2.34. The van der Waals surface area contributed by atoms with Crippen molar-refractivity contribution in [2.45, 2.75) is 24.8 Å². The Bertz CT molecular complexity index is 998. The number of hydrogen-bond acceptors (Lipinski definition) is 6. The Hall–Kier alpha value is -3.09. The van der Waals surface area contributed by atoms with E-state index in [1.807, 2.05) is 0 Å². The van der Waals surface area contributed by atoms with Gasteiger partial charge in [-0.25, -0.2) is 14.2 Å². The standard InChI is InChI=1S/C20H20F4N4O4/c21-14-7-12(18(31)15(30)10-29)8-26-17(14)11-3-5-28(6-4-11)19(32)27-16-2-1-13(9-25-16)20(22,23)24/h1-3,7-9,15,18,29-31H,4-6,10H2,(H,25,27,32)/t15-,18-/m0/s1. The Balaban J connectivity index is 1.63. The zero-order chi connectivity index (χ0) is 23.5. The lowest BCUT2D eigenvalue weighted by atomic mass is 10.0. The van der Waals surface area contributed by atoms with Crippen LogP contribution in [0, 0.1) is 5.82 Å². The molecule has 1 aliphatic heterocycles. The third-order valence-electron chi connectivity index (χ3n) is 4.88. The lowest BCUT2D eigenvalue weighted by Gasteiger charge is -2.26. The Morgan fingerprint density at radius 3 is 2.50 bits per heavy atom. The number of rotatable bonds is 5. The van der Waals surface area contributed by atoms with Gasteiger partial charge in [0, 0.05) is 31.0 Å². The van der Waals surface area contributed by atoms with Crippen LogP contribution in [0.3, 0.4) is 0 Å². The van der Waals surface area contributed by atoms with Crippen molar-refractivity contribution in [2.24, 2.45) is 0 Å². The van der Waals surface area contributed by atoms with Crippen molar-refractivity contribution >= 4 is 17.4 Å². The molecule has 8 nitrogen and oxygen atoms in total.